The number of aryl methyl sites for hydroxylation is 1. The third kappa shape index (κ3) is 2.72. The van der Waals surface area contributed by atoms with E-state index in [1.54, 1.807) is 7.05 Å². The van der Waals surface area contributed by atoms with Crippen LogP contribution in [0.3, 0.4) is 0 Å². The summed E-state index contributed by atoms with van der Waals surface area (Å²) in [7, 11) is 1.71. The fourth-order valence-corrected chi connectivity index (χ4v) is 1.59. The van der Waals surface area contributed by atoms with Gasteiger partial charge in [-0.1, -0.05) is 30.3 Å². The summed E-state index contributed by atoms with van der Waals surface area (Å²) in [6.07, 6.45) is 0. The van der Waals surface area contributed by atoms with Gasteiger partial charge in [-0.15, -0.1) is 0 Å². The molecule has 0 aliphatic rings. The highest BCUT2D eigenvalue weighted by molar-refractivity contribution is 5.29. The normalized spacial score (nSPS) is 10.2. The number of benzene rings is 1. The number of aromatic nitrogens is 2. The van der Waals surface area contributed by atoms with Crippen molar-refractivity contribution in [2.24, 2.45) is 7.05 Å². The molecular weight excluding hydrogens is 214 g/mol. The maximum absolute atomic E-state index is 11.6. The van der Waals surface area contributed by atoms with Gasteiger partial charge in [0.25, 0.3) is 5.56 Å². The van der Waals surface area contributed by atoms with Crippen molar-refractivity contribution in [1.29, 1.82) is 0 Å². The number of anilines is 1. The maximum atomic E-state index is 11.6. The van der Waals surface area contributed by atoms with Gasteiger partial charge >= 0.3 is 0 Å². The molecule has 17 heavy (non-hydrogen) atoms. The van der Waals surface area contributed by atoms with Crippen LogP contribution >= 0.6 is 0 Å². The second-order valence-corrected chi connectivity index (χ2v) is 3.96. The van der Waals surface area contributed by atoms with Crippen LogP contribution in [0, 0.1) is 6.92 Å². The first kappa shape index (κ1) is 11.4. The van der Waals surface area contributed by atoms with E-state index in [9.17, 15) is 4.79 Å². The highest BCUT2D eigenvalue weighted by Crippen LogP contribution is 2.04. The Morgan fingerprint density at radius 2 is 2.00 bits per heavy atom. The molecule has 0 unspecified atom stereocenters. The fourth-order valence-electron chi connectivity index (χ4n) is 1.59. The van der Waals surface area contributed by atoms with E-state index in [1.807, 2.05) is 37.3 Å². The van der Waals surface area contributed by atoms with Crippen molar-refractivity contribution >= 4 is 5.95 Å². The fraction of sp³-hybridized carbons (Fsp3) is 0.231. The molecule has 1 aromatic carbocycles. The molecule has 0 bridgehead atoms. The highest BCUT2D eigenvalue weighted by atomic mass is 16.1. The van der Waals surface area contributed by atoms with Crippen LogP contribution in [0.15, 0.2) is 41.2 Å². The van der Waals surface area contributed by atoms with Crippen molar-refractivity contribution in [3.63, 3.8) is 0 Å². The molecule has 0 aliphatic carbocycles. The Morgan fingerprint density at radius 3 is 2.71 bits per heavy atom. The Morgan fingerprint density at radius 1 is 1.29 bits per heavy atom. The first-order valence-corrected chi connectivity index (χ1v) is 5.49. The van der Waals surface area contributed by atoms with E-state index < -0.39 is 0 Å². The molecule has 0 atom stereocenters. The molecule has 0 spiro atoms. The lowest BCUT2D eigenvalue weighted by Crippen LogP contribution is -2.21. The van der Waals surface area contributed by atoms with E-state index in [0.29, 0.717) is 12.5 Å². The van der Waals surface area contributed by atoms with Crippen molar-refractivity contribution in [2.75, 3.05) is 5.32 Å². The lowest BCUT2D eigenvalue weighted by molar-refractivity contribution is 0.812. The zero-order chi connectivity index (χ0) is 12.3. The molecule has 1 N–H and O–H groups in total. The summed E-state index contributed by atoms with van der Waals surface area (Å²) in [4.78, 5) is 15.9. The van der Waals surface area contributed by atoms with E-state index in [4.69, 9.17) is 0 Å². The first-order chi connectivity index (χ1) is 8.16. The second-order valence-electron chi connectivity index (χ2n) is 3.96. The van der Waals surface area contributed by atoms with Gasteiger partial charge in [0.2, 0.25) is 5.95 Å². The molecule has 88 valence electrons. The quantitative estimate of drug-likeness (QED) is 0.871. The topological polar surface area (TPSA) is 46.9 Å². The Labute approximate surface area is 99.9 Å². The smallest absolute Gasteiger partial charge is 0.254 e. The van der Waals surface area contributed by atoms with Crippen LogP contribution < -0.4 is 10.9 Å². The lowest BCUT2D eigenvalue weighted by Gasteiger charge is -2.10. The first-order valence-electron chi connectivity index (χ1n) is 5.49. The molecule has 1 heterocycles. The second kappa shape index (κ2) is 4.82. The summed E-state index contributed by atoms with van der Waals surface area (Å²) in [5.74, 6) is 0.596. The van der Waals surface area contributed by atoms with Crippen molar-refractivity contribution < 1.29 is 0 Å². The zero-order valence-corrected chi connectivity index (χ0v) is 9.97. The average molecular weight is 229 g/mol. The van der Waals surface area contributed by atoms with Crippen LogP contribution in [0.5, 0.6) is 0 Å². The molecular formula is C13H15N3O. The molecule has 0 amide bonds. The molecule has 0 saturated carbocycles. The molecule has 1 aromatic heterocycles. The predicted octanol–water partition coefficient (Wildman–Crippen LogP) is 1.70. The monoisotopic (exact) mass is 229 g/mol. The Kier molecular flexibility index (Phi) is 3.23. The molecule has 0 fully saturated rings. The summed E-state index contributed by atoms with van der Waals surface area (Å²) >= 11 is 0. The van der Waals surface area contributed by atoms with E-state index in [2.05, 4.69) is 10.3 Å². The van der Waals surface area contributed by atoms with Crippen LogP contribution in [0.4, 0.5) is 5.95 Å². The van der Waals surface area contributed by atoms with E-state index in [-0.39, 0.29) is 5.56 Å². The van der Waals surface area contributed by atoms with E-state index >= 15 is 0 Å². The van der Waals surface area contributed by atoms with Gasteiger partial charge in [-0.2, -0.15) is 0 Å². The van der Waals surface area contributed by atoms with Crippen LogP contribution in [0.25, 0.3) is 0 Å². The number of nitrogens with one attached hydrogen (secondary N) is 1. The Bertz CT molecular complexity index is 561. The van der Waals surface area contributed by atoms with E-state index in [1.165, 1.54) is 10.6 Å². The SMILES string of the molecule is Cc1cc(=O)n(C)c(NCc2ccccc2)n1. The molecule has 2 rings (SSSR count). The highest BCUT2D eigenvalue weighted by Gasteiger charge is 2.02. The molecule has 2 aromatic rings. The molecule has 0 radical (unpaired) electrons. The summed E-state index contributed by atoms with van der Waals surface area (Å²) in [6.45, 7) is 2.47. The van der Waals surface area contributed by atoms with Gasteiger partial charge in [-0.05, 0) is 12.5 Å². The minimum atomic E-state index is -0.0481. The van der Waals surface area contributed by atoms with Gasteiger partial charge < -0.3 is 5.32 Å². The summed E-state index contributed by atoms with van der Waals surface area (Å²) in [5.41, 5.74) is 1.83. The number of hydrogen-bond acceptors (Lipinski definition) is 3. The number of nitrogens with zero attached hydrogens (tertiary/aromatic N) is 2. The van der Waals surface area contributed by atoms with Crippen molar-refractivity contribution in [3.05, 3.63) is 58.0 Å². The van der Waals surface area contributed by atoms with Gasteiger partial charge in [-0.25, -0.2) is 4.98 Å². The van der Waals surface area contributed by atoms with Crippen molar-refractivity contribution in [3.8, 4) is 0 Å². The van der Waals surface area contributed by atoms with Crippen LogP contribution in [0.2, 0.25) is 0 Å². The number of hydrogen-bond donors (Lipinski definition) is 1. The van der Waals surface area contributed by atoms with Crippen LogP contribution in [-0.4, -0.2) is 9.55 Å². The lowest BCUT2D eigenvalue weighted by atomic mass is 10.2. The third-order valence-corrected chi connectivity index (χ3v) is 2.56. The molecule has 4 heteroatoms. The van der Waals surface area contributed by atoms with Crippen molar-refractivity contribution in [1.82, 2.24) is 9.55 Å². The van der Waals surface area contributed by atoms with Crippen LogP contribution in [0.1, 0.15) is 11.3 Å². The maximum Gasteiger partial charge on any atom is 0.254 e. The summed E-state index contributed by atoms with van der Waals surface area (Å²) < 4.78 is 1.51. The van der Waals surface area contributed by atoms with Gasteiger partial charge in [0.05, 0.1) is 0 Å². The standard InChI is InChI=1S/C13H15N3O/c1-10-8-12(17)16(2)13(15-10)14-9-11-6-4-3-5-7-11/h3-8H,9H2,1-2H3,(H,14,15). The molecule has 4 nitrogen and oxygen atoms in total. The predicted molar refractivity (Wildman–Crippen MR) is 68.0 cm³/mol. The Balaban J connectivity index is 2.17. The molecule has 0 saturated heterocycles. The average Bonchev–Trinajstić information content (AvgIpc) is 2.33. The van der Waals surface area contributed by atoms with E-state index in [0.717, 1.165) is 11.3 Å². The van der Waals surface area contributed by atoms with Gasteiger partial charge in [0, 0.05) is 25.4 Å². The minimum absolute atomic E-state index is 0.0481. The number of rotatable bonds is 3. The van der Waals surface area contributed by atoms with Gasteiger partial charge in [0.1, 0.15) is 0 Å². The van der Waals surface area contributed by atoms with Crippen molar-refractivity contribution in [2.45, 2.75) is 13.5 Å². The largest absolute Gasteiger partial charge is 0.351 e. The summed E-state index contributed by atoms with van der Waals surface area (Å²) in [5, 5.41) is 3.16. The summed E-state index contributed by atoms with van der Waals surface area (Å²) in [6, 6.07) is 11.5. The molecule has 0 aliphatic heterocycles. The van der Waals surface area contributed by atoms with Gasteiger partial charge in [-0.3, -0.25) is 9.36 Å². The zero-order valence-electron chi connectivity index (χ0n) is 9.97. The van der Waals surface area contributed by atoms with Crippen LogP contribution in [-0.2, 0) is 13.6 Å². The third-order valence-electron chi connectivity index (χ3n) is 2.56. The van der Waals surface area contributed by atoms with Gasteiger partial charge in [0.15, 0.2) is 0 Å². The Hall–Kier alpha value is -2.10. The minimum Gasteiger partial charge on any atom is -0.351 e.